The molecule has 5 rings (SSSR count). The van der Waals surface area contributed by atoms with Crippen LogP contribution in [0.5, 0.6) is 17.4 Å². The second kappa shape index (κ2) is 12.9. The van der Waals surface area contributed by atoms with Gasteiger partial charge in [0.2, 0.25) is 12.0 Å². The number of hydrogen-bond acceptors (Lipinski definition) is 9. The summed E-state index contributed by atoms with van der Waals surface area (Å²) in [7, 11) is 1.60. The molecule has 1 unspecified atom stereocenters. The van der Waals surface area contributed by atoms with Gasteiger partial charge in [0.15, 0.2) is 5.82 Å². The highest BCUT2D eigenvalue weighted by Crippen LogP contribution is 2.36. The molecule has 11 heteroatoms. The van der Waals surface area contributed by atoms with E-state index in [9.17, 15) is 9.90 Å². The van der Waals surface area contributed by atoms with Gasteiger partial charge in [0.1, 0.15) is 29.3 Å². The van der Waals surface area contributed by atoms with Gasteiger partial charge in [-0.1, -0.05) is 36.3 Å². The number of carboxylic acids is 1. The van der Waals surface area contributed by atoms with Gasteiger partial charge in [-0.2, -0.15) is 0 Å². The van der Waals surface area contributed by atoms with Gasteiger partial charge < -0.3 is 19.3 Å². The molecule has 0 saturated heterocycles. The summed E-state index contributed by atoms with van der Waals surface area (Å²) in [6.45, 7) is 1.91. The SMILES string of the molecule is CC#Cc1sc2ncnc(OC(Cc3ccccc3OCc3ccnc(-c4ccccc4OC)n3)C(=O)O)c2c1I. The van der Waals surface area contributed by atoms with E-state index in [-0.39, 0.29) is 18.9 Å². The zero-order valence-electron chi connectivity index (χ0n) is 22.0. The minimum Gasteiger partial charge on any atom is -0.496 e. The molecule has 3 aromatic heterocycles. The number of halogens is 1. The first kappa shape index (κ1) is 28.3. The molecule has 1 atom stereocenters. The predicted octanol–water partition coefficient (Wildman–Crippen LogP) is 5.79. The van der Waals surface area contributed by atoms with Crippen molar-refractivity contribution in [3.05, 3.63) is 86.8 Å². The molecule has 0 aliphatic carbocycles. The zero-order chi connectivity index (χ0) is 28.8. The lowest BCUT2D eigenvalue weighted by molar-refractivity contribution is -0.145. The van der Waals surface area contributed by atoms with Gasteiger partial charge in [0.05, 0.1) is 32.2 Å². The number of carboxylic acid groups (broad SMARTS) is 1. The number of methoxy groups -OCH3 is 1. The van der Waals surface area contributed by atoms with E-state index in [0.717, 1.165) is 14.0 Å². The monoisotopic (exact) mass is 678 g/mol. The summed E-state index contributed by atoms with van der Waals surface area (Å²) in [6.07, 6.45) is 1.87. The fraction of sp³-hybridized carbons (Fsp3) is 0.167. The lowest BCUT2D eigenvalue weighted by Crippen LogP contribution is -2.30. The summed E-state index contributed by atoms with van der Waals surface area (Å²) < 4.78 is 18.4. The number of fused-ring (bicyclic) bond motifs is 1. The lowest BCUT2D eigenvalue weighted by atomic mass is 10.1. The van der Waals surface area contributed by atoms with Gasteiger partial charge in [0.25, 0.3) is 0 Å². The van der Waals surface area contributed by atoms with Crippen LogP contribution < -0.4 is 14.2 Å². The smallest absolute Gasteiger partial charge is 0.345 e. The Hall–Kier alpha value is -4.28. The second-order valence-corrected chi connectivity index (χ2v) is 10.7. The molecule has 1 N–H and O–H groups in total. The molecule has 41 heavy (non-hydrogen) atoms. The Kier molecular flexibility index (Phi) is 8.91. The third-order valence-electron chi connectivity index (χ3n) is 5.98. The Balaban J connectivity index is 1.36. The van der Waals surface area contributed by atoms with E-state index < -0.39 is 12.1 Å². The molecule has 9 nitrogen and oxygen atoms in total. The van der Waals surface area contributed by atoms with E-state index in [4.69, 9.17) is 14.2 Å². The Morgan fingerprint density at radius 3 is 2.63 bits per heavy atom. The maximum absolute atomic E-state index is 12.3. The number of aromatic nitrogens is 4. The number of rotatable bonds is 10. The Bertz CT molecular complexity index is 1780. The Morgan fingerprint density at radius 2 is 1.85 bits per heavy atom. The summed E-state index contributed by atoms with van der Waals surface area (Å²) in [5.41, 5.74) is 2.09. The van der Waals surface area contributed by atoms with Crippen molar-refractivity contribution in [1.29, 1.82) is 0 Å². The Morgan fingerprint density at radius 1 is 1.07 bits per heavy atom. The summed E-state index contributed by atoms with van der Waals surface area (Å²) >= 11 is 3.58. The standard InChI is InChI=1S/C30H23IN4O5S/c1-3-8-24-26(31)25-28(33-17-34-29(25)41-24)40-23(30(36)37)15-18-9-4-6-11-21(18)39-16-19-13-14-32-27(35-19)20-10-5-7-12-22(20)38-2/h4-7,9-14,17,23H,15-16H2,1-2H3,(H,36,37). The number of thiophene rings is 1. The Labute approximate surface area is 253 Å². The van der Waals surface area contributed by atoms with Crippen LogP contribution in [-0.2, 0) is 17.8 Å². The molecular weight excluding hydrogens is 655 g/mol. The first-order chi connectivity index (χ1) is 20.0. The van der Waals surface area contributed by atoms with Crippen LogP contribution in [-0.4, -0.2) is 44.2 Å². The number of para-hydroxylation sites is 2. The van der Waals surface area contributed by atoms with Gasteiger partial charge in [0, 0.05) is 12.6 Å². The van der Waals surface area contributed by atoms with Gasteiger partial charge in [-0.15, -0.1) is 17.3 Å². The van der Waals surface area contributed by atoms with Gasteiger partial charge >= 0.3 is 5.97 Å². The van der Waals surface area contributed by atoms with Crippen molar-refractivity contribution in [3.8, 4) is 40.6 Å². The van der Waals surface area contributed by atoms with Crippen LogP contribution in [0.15, 0.2) is 67.1 Å². The van der Waals surface area contributed by atoms with Crippen LogP contribution in [0.4, 0.5) is 0 Å². The van der Waals surface area contributed by atoms with Crippen molar-refractivity contribution in [1.82, 2.24) is 19.9 Å². The van der Waals surface area contributed by atoms with Crippen molar-refractivity contribution < 1.29 is 24.1 Å². The highest BCUT2D eigenvalue weighted by Gasteiger charge is 2.25. The molecule has 0 amide bonds. The van der Waals surface area contributed by atoms with Crippen LogP contribution >= 0.6 is 33.9 Å². The highest BCUT2D eigenvalue weighted by atomic mass is 127. The normalized spacial score (nSPS) is 11.4. The van der Waals surface area contributed by atoms with Gasteiger partial charge in [-0.3, -0.25) is 0 Å². The van der Waals surface area contributed by atoms with E-state index in [1.807, 2.05) is 42.5 Å². The molecule has 0 radical (unpaired) electrons. The van der Waals surface area contributed by atoms with Gasteiger partial charge in [-0.25, -0.2) is 24.7 Å². The number of hydrogen-bond donors (Lipinski definition) is 1. The van der Waals surface area contributed by atoms with Crippen molar-refractivity contribution in [2.75, 3.05) is 7.11 Å². The number of aliphatic carboxylic acids is 1. The average Bonchev–Trinajstić information content (AvgIpc) is 3.32. The van der Waals surface area contributed by atoms with Crippen molar-refractivity contribution in [2.45, 2.75) is 26.1 Å². The minimum absolute atomic E-state index is 0.0512. The van der Waals surface area contributed by atoms with E-state index >= 15 is 0 Å². The summed E-state index contributed by atoms with van der Waals surface area (Å²) in [5, 5.41) is 10.7. The largest absolute Gasteiger partial charge is 0.496 e. The van der Waals surface area contributed by atoms with Gasteiger partial charge in [-0.05, 0) is 59.3 Å². The third kappa shape index (κ3) is 6.39. The molecule has 0 aliphatic heterocycles. The minimum atomic E-state index is -1.22. The van der Waals surface area contributed by atoms with Crippen LogP contribution in [0.3, 0.4) is 0 Å². The second-order valence-electron chi connectivity index (χ2n) is 8.60. The summed E-state index contributed by atoms with van der Waals surface area (Å²) in [5.74, 6) is 6.73. The van der Waals surface area contributed by atoms with Crippen LogP contribution in [0.1, 0.15) is 23.1 Å². The van der Waals surface area contributed by atoms with Crippen LogP contribution in [0.25, 0.3) is 21.6 Å². The van der Waals surface area contributed by atoms with Crippen molar-refractivity contribution in [3.63, 3.8) is 0 Å². The molecule has 5 aromatic rings. The average molecular weight is 679 g/mol. The van der Waals surface area contributed by atoms with E-state index in [1.54, 1.807) is 32.4 Å². The molecule has 206 valence electrons. The number of carbonyl (C=O) groups is 1. The van der Waals surface area contributed by atoms with E-state index in [0.29, 0.717) is 38.8 Å². The number of benzene rings is 2. The van der Waals surface area contributed by atoms with Crippen molar-refractivity contribution in [2.24, 2.45) is 0 Å². The predicted molar refractivity (Wildman–Crippen MR) is 163 cm³/mol. The van der Waals surface area contributed by atoms with Crippen LogP contribution in [0, 0.1) is 15.4 Å². The number of nitrogens with zero attached hydrogens (tertiary/aromatic N) is 4. The zero-order valence-corrected chi connectivity index (χ0v) is 25.0. The molecule has 0 bridgehead atoms. The molecule has 0 saturated carbocycles. The highest BCUT2D eigenvalue weighted by molar-refractivity contribution is 14.1. The third-order valence-corrected chi connectivity index (χ3v) is 8.44. The number of ether oxygens (including phenoxy) is 3. The maximum Gasteiger partial charge on any atom is 0.345 e. The topological polar surface area (TPSA) is 117 Å². The van der Waals surface area contributed by atoms with E-state index in [2.05, 4.69) is 54.4 Å². The first-order valence-electron chi connectivity index (χ1n) is 12.4. The molecule has 3 heterocycles. The summed E-state index contributed by atoms with van der Waals surface area (Å²) in [4.78, 5) is 31.4. The first-order valence-corrected chi connectivity index (χ1v) is 14.3. The summed E-state index contributed by atoms with van der Waals surface area (Å²) in [6, 6.07) is 16.5. The fourth-order valence-electron chi connectivity index (χ4n) is 4.07. The fourth-order valence-corrected chi connectivity index (χ4v) is 6.14. The molecule has 0 fully saturated rings. The molecule has 0 spiro atoms. The molecular formula is C30H23IN4O5S. The van der Waals surface area contributed by atoms with Crippen molar-refractivity contribution >= 4 is 50.1 Å². The lowest BCUT2D eigenvalue weighted by Gasteiger charge is -2.17. The molecule has 0 aliphatic rings. The van der Waals surface area contributed by atoms with Crippen LogP contribution in [0.2, 0.25) is 0 Å². The molecule has 2 aromatic carbocycles. The van der Waals surface area contributed by atoms with E-state index in [1.165, 1.54) is 17.7 Å². The maximum atomic E-state index is 12.3. The quantitative estimate of drug-likeness (QED) is 0.145.